The van der Waals surface area contributed by atoms with Crippen molar-refractivity contribution < 1.29 is 13.2 Å². The molecular weight excluding hydrogens is 310 g/mol. The van der Waals surface area contributed by atoms with Gasteiger partial charge in [-0.1, -0.05) is 25.8 Å². The van der Waals surface area contributed by atoms with E-state index in [-0.39, 0.29) is 16.8 Å². The van der Waals surface area contributed by atoms with E-state index in [4.69, 9.17) is 10.7 Å². The molecule has 21 heavy (non-hydrogen) atoms. The maximum atomic E-state index is 12.5. The van der Waals surface area contributed by atoms with E-state index < -0.39 is 9.05 Å². The Morgan fingerprint density at radius 2 is 1.95 bits per heavy atom. The number of hydrogen-bond donors (Lipinski definition) is 0. The van der Waals surface area contributed by atoms with Crippen molar-refractivity contribution in [3.05, 3.63) is 29.3 Å². The fourth-order valence-corrected chi connectivity index (χ4v) is 4.09. The van der Waals surface area contributed by atoms with Crippen LogP contribution in [0.3, 0.4) is 0 Å². The molecule has 1 amide bonds. The zero-order valence-corrected chi connectivity index (χ0v) is 13.9. The molecule has 6 heteroatoms. The maximum absolute atomic E-state index is 12.5. The van der Waals surface area contributed by atoms with Crippen molar-refractivity contribution in [1.29, 1.82) is 0 Å². The summed E-state index contributed by atoms with van der Waals surface area (Å²) in [7, 11) is 3.41. The van der Waals surface area contributed by atoms with E-state index in [1.807, 2.05) is 6.92 Å². The highest BCUT2D eigenvalue weighted by molar-refractivity contribution is 8.13. The summed E-state index contributed by atoms with van der Waals surface area (Å²) in [6.45, 7) is 1.85. The van der Waals surface area contributed by atoms with Crippen LogP contribution in [0.1, 0.15) is 48.5 Å². The number of nitrogens with zero attached hydrogens (tertiary/aromatic N) is 1. The third-order valence-electron chi connectivity index (χ3n) is 4.15. The molecule has 1 aliphatic carbocycles. The Labute approximate surface area is 130 Å². The number of hydrogen-bond acceptors (Lipinski definition) is 3. The highest BCUT2D eigenvalue weighted by Crippen LogP contribution is 2.26. The smallest absolute Gasteiger partial charge is 0.261 e. The Hall–Kier alpha value is -1.07. The lowest BCUT2D eigenvalue weighted by molar-refractivity contribution is 0.0735. The van der Waals surface area contributed by atoms with Gasteiger partial charge in [0.2, 0.25) is 0 Å². The number of carbonyl (C=O) groups excluding carboxylic acids is 1. The second-order valence-electron chi connectivity index (χ2n) is 5.47. The largest absolute Gasteiger partial charge is 0.339 e. The molecule has 0 bridgehead atoms. The van der Waals surface area contributed by atoms with Crippen molar-refractivity contribution in [2.45, 2.75) is 50.0 Å². The number of carbonyl (C=O) groups is 1. The molecule has 1 fully saturated rings. The van der Waals surface area contributed by atoms with Crippen molar-refractivity contribution in [2.75, 3.05) is 7.05 Å². The third kappa shape index (κ3) is 3.58. The summed E-state index contributed by atoms with van der Waals surface area (Å²) in [6, 6.07) is 5.00. The van der Waals surface area contributed by atoms with Gasteiger partial charge in [0, 0.05) is 29.3 Å². The first-order valence-corrected chi connectivity index (χ1v) is 9.50. The molecule has 0 spiro atoms. The lowest BCUT2D eigenvalue weighted by atomic mass is 10.1. The van der Waals surface area contributed by atoms with Crippen LogP contribution in [-0.2, 0) is 15.5 Å². The van der Waals surface area contributed by atoms with Crippen LogP contribution in [0.4, 0.5) is 0 Å². The Bertz CT molecular complexity index is 636. The van der Waals surface area contributed by atoms with Gasteiger partial charge in [0.15, 0.2) is 0 Å². The predicted molar refractivity (Wildman–Crippen MR) is 83.2 cm³/mol. The van der Waals surface area contributed by atoms with Gasteiger partial charge in [-0.05, 0) is 37.0 Å². The number of amides is 1. The van der Waals surface area contributed by atoms with Gasteiger partial charge in [-0.3, -0.25) is 4.79 Å². The van der Waals surface area contributed by atoms with Crippen molar-refractivity contribution in [3.63, 3.8) is 0 Å². The van der Waals surface area contributed by atoms with E-state index in [1.165, 1.54) is 6.07 Å². The minimum atomic E-state index is -3.84. The van der Waals surface area contributed by atoms with Crippen LogP contribution in [0.15, 0.2) is 23.1 Å². The fourth-order valence-electron chi connectivity index (χ4n) is 2.87. The summed E-state index contributed by atoms with van der Waals surface area (Å²) < 4.78 is 23.3. The van der Waals surface area contributed by atoms with Crippen LogP contribution in [0.5, 0.6) is 0 Å². The van der Waals surface area contributed by atoms with E-state index in [0.717, 1.165) is 25.7 Å². The lowest BCUT2D eigenvalue weighted by Crippen LogP contribution is -2.35. The highest BCUT2D eigenvalue weighted by atomic mass is 35.7. The van der Waals surface area contributed by atoms with Crippen molar-refractivity contribution in [2.24, 2.45) is 0 Å². The van der Waals surface area contributed by atoms with Gasteiger partial charge in [0.1, 0.15) is 0 Å². The topological polar surface area (TPSA) is 54.5 Å². The second-order valence-corrected chi connectivity index (χ2v) is 8.00. The summed E-state index contributed by atoms with van der Waals surface area (Å²) in [5.74, 6) is -0.147. The number of rotatable bonds is 4. The van der Waals surface area contributed by atoms with Gasteiger partial charge in [0.05, 0.1) is 4.90 Å². The van der Waals surface area contributed by atoms with Crippen molar-refractivity contribution >= 4 is 25.6 Å². The van der Waals surface area contributed by atoms with E-state index >= 15 is 0 Å². The average molecular weight is 330 g/mol. The Balaban J connectivity index is 2.33. The second kappa shape index (κ2) is 6.36. The van der Waals surface area contributed by atoms with E-state index in [1.54, 1.807) is 24.1 Å². The standard InChI is InChI=1S/C15H20ClNO3S/c1-3-11-8-9-12(10-14(11)21(16,19)20)15(18)17(2)13-6-4-5-7-13/h8-10,13H,3-7H2,1-2H3. The number of benzene rings is 1. The monoisotopic (exact) mass is 329 g/mol. The molecule has 0 saturated heterocycles. The van der Waals surface area contributed by atoms with Crippen molar-refractivity contribution in [3.8, 4) is 0 Å². The molecule has 0 radical (unpaired) electrons. The molecule has 1 aromatic carbocycles. The quantitative estimate of drug-likeness (QED) is 0.797. The minimum Gasteiger partial charge on any atom is -0.339 e. The van der Waals surface area contributed by atoms with E-state index in [9.17, 15) is 13.2 Å². The van der Waals surface area contributed by atoms with Crippen LogP contribution in [0, 0.1) is 0 Å². The molecule has 116 valence electrons. The Kier molecular flexibility index (Phi) is 4.94. The molecule has 4 nitrogen and oxygen atoms in total. The van der Waals surface area contributed by atoms with Crippen LogP contribution in [-0.4, -0.2) is 32.3 Å². The summed E-state index contributed by atoms with van der Waals surface area (Å²) in [5, 5.41) is 0. The minimum absolute atomic E-state index is 0.0392. The van der Waals surface area contributed by atoms with Gasteiger partial charge in [-0.25, -0.2) is 8.42 Å². The molecule has 1 aromatic rings. The van der Waals surface area contributed by atoms with Crippen LogP contribution in [0.2, 0.25) is 0 Å². The van der Waals surface area contributed by atoms with Gasteiger partial charge in [-0.2, -0.15) is 0 Å². The summed E-state index contributed by atoms with van der Waals surface area (Å²) in [5.41, 5.74) is 1.01. The van der Waals surface area contributed by atoms with E-state index in [0.29, 0.717) is 17.5 Å². The molecule has 0 atom stereocenters. The normalized spacial score (nSPS) is 16.1. The molecule has 1 saturated carbocycles. The van der Waals surface area contributed by atoms with E-state index in [2.05, 4.69) is 0 Å². The number of aryl methyl sites for hydroxylation is 1. The van der Waals surface area contributed by atoms with Gasteiger partial charge >= 0.3 is 0 Å². The Morgan fingerprint density at radius 1 is 1.33 bits per heavy atom. The maximum Gasteiger partial charge on any atom is 0.261 e. The predicted octanol–water partition coefficient (Wildman–Crippen LogP) is 3.19. The molecule has 0 N–H and O–H groups in total. The zero-order valence-electron chi connectivity index (χ0n) is 12.3. The SMILES string of the molecule is CCc1ccc(C(=O)N(C)C2CCCC2)cc1S(=O)(=O)Cl. The average Bonchev–Trinajstić information content (AvgIpc) is 2.98. The highest BCUT2D eigenvalue weighted by Gasteiger charge is 2.25. The Morgan fingerprint density at radius 3 is 2.48 bits per heavy atom. The summed E-state index contributed by atoms with van der Waals surface area (Å²) >= 11 is 0. The fraction of sp³-hybridized carbons (Fsp3) is 0.533. The zero-order chi connectivity index (χ0) is 15.6. The molecule has 0 unspecified atom stereocenters. The third-order valence-corrected chi connectivity index (χ3v) is 5.55. The van der Waals surface area contributed by atoms with Gasteiger partial charge in [-0.15, -0.1) is 0 Å². The summed E-state index contributed by atoms with van der Waals surface area (Å²) in [6.07, 6.45) is 4.84. The van der Waals surface area contributed by atoms with Crippen LogP contribution >= 0.6 is 10.7 Å². The molecule has 0 heterocycles. The summed E-state index contributed by atoms with van der Waals surface area (Å²) in [4.78, 5) is 14.3. The lowest BCUT2D eigenvalue weighted by Gasteiger charge is -2.24. The molecule has 1 aliphatic rings. The van der Waals surface area contributed by atoms with Crippen LogP contribution in [0.25, 0.3) is 0 Å². The van der Waals surface area contributed by atoms with Gasteiger partial charge < -0.3 is 4.90 Å². The molecule has 0 aliphatic heterocycles. The van der Waals surface area contributed by atoms with Crippen molar-refractivity contribution in [1.82, 2.24) is 4.90 Å². The van der Waals surface area contributed by atoms with Gasteiger partial charge in [0.25, 0.3) is 15.0 Å². The molecule has 2 rings (SSSR count). The molecular formula is C15H20ClNO3S. The van der Waals surface area contributed by atoms with Crippen LogP contribution < -0.4 is 0 Å². The number of halogens is 1. The first-order valence-electron chi connectivity index (χ1n) is 7.19. The molecule has 0 aromatic heterocycles. The first kappa shape index (κ1) is 16.3. The first-order chi connectivity index (χ1) is 9.84.